The minimum Gasteiger partial charge on any atom is -0.348 e. The van der Waals surface area contributed by atoms with Crippen LogP contribution in [0.4, 0.5) is 5.95 Å². The van der Waals surface area contributed by atoms with Crippen molar-refractivity contribution in [2.45, 2.75) is 19.4 Å². The van der Waals surface area contributed by atoms with Gasteiger partial charge in [-0.05, 0) is 24.6 Å². The van der Waals surface area contributed by atoms with Gasteiger partial charge < -0.3 is 9.88 Å². The van der Waals surface area contributed by atoms with Crippen LogP contribution in [0, 0.1) is 6.92 Å². The number of nitrogens with one attached hydrogen (secondary N) is 1. The highest BCUT2D eigenvalue weighted by molar-refractivity contribution is 5.92. The zero-order chi connectivity index (χ0) is 21.5. The van der Waals surface area contributed by atoms with Crippen molar-refractivity contribution in [2.75, 3.05) is 25.6 Å². The molecule has 10 nitrogen and oxygen atoms in total. The number of carbonyl (C=O) groups is 1. The van der Waals surface area contributed by atoms with E-state index >= 15 is 0 Å². The molecule has 1 aliphatic rings. The van der Waals surface area contributed by atoms with Gasteiger partial charge in [0.25, 0.3) is 5.91 Å². The van der Waals surface area contributed by atoms with Crippen molar-refractivity contribution in [3.8, 4) is 0 Å². The molecule has 0 aromatic carbocycles. The lowest BCUT2D eigenvalue weighted by atomic mass is 10.00. The number of amides is 1. The number of aryl methyl sites for hydroxylation is 1. The number of hydroxylamine groups is 2. The second kappa shape index (κ2) is 7.47. The van der Waals surface area contributed by atoms with Crippen molar-refractivity contribution in [3.05, 3.63) is 71.3 Å². The summed E-state index contributed by atoms with van der Waals surface area (Å²) in [5, 5.41) is 5.96. The van der Waals surface area contributed by atoms with Crippen molar-refractivity contribution in [2.24, 2.45) is 0 Å². The topological polar surface area (TPSA) is 105 Å². The normalized spacial score (nSPS) is 15.8. The van der Waals surface area contributed by atoms with E-state index in [9.17, 15) is 4.79 Å². The van der Waals surface area contributed by atoms with Gasteiger partial charge in [0.1, 0.15) is 6.04 Å². The number of hydrogen-bond donors (Lipinski definition) is 1. The zero-order valence-electron chi connectivity index (χ0n) is 17.5. The molecule has 0 fully saturated rings. The van der Waals surface area contributed by atoms with E-state index < -0.39 is 0 Å². The molecule has 4 aromatic heterocycles. The van der Waals surface area contributed by atoms with Crippen molar-refractivity contribution in [3.63, 3.8) is 0 Å². The first-order valence-electron chi connectivity index (χ1n) is 9.94. The van der Waals surface area contributed by atoms with E-state index in [1.807, 2.05) is 16.8 Å². The predicted octanol–water partition coefficient (Wildman–Crippen LogP) is 1.94. The van der Waals surface area contributed by atoms with Crippen LogP contribution in [0.3, 0.4) is 0 Å². The molecule has 0 radical (unpaired) electrons. The van der Waals surface area contributed by atoms with Crippen LogP contribution in [0.25, 0.3) is 5.52 Å². The number of carbonyl (C=O) groups excluding carboxylic acids is 1. The minimum atomic E-state index is -0.311. The van der Waals surface area contributed by atoms with Gasteiger partial charge in [-0.2, -0.15) is 5.10 Å². The Hall–Kier alpha value is -3.79. The van der Waals surface area contributed by atoms with E-state index in [1.54, 1.807) is 13.4 Å². The molecule has 158 valence electrons. The van der Waals surface area contributed by atoms with Gasteiger partial charge in [0.05, 0.1) is 35.9 Å². The van der Waals surface area contributed by atoms with Gasteiger partial charge in [-0.15, -0.1) is 0 Å². The number of hydrogen-bond acceptors (Lipinski definition) is 7. The van der Waals surface area contributed by atoms with Crippen LogP contribution >= 0.6 is 0 Å². The summed E-state index contributed by atoms with van der Waals surface area (Å²) in [5.41, 5.74) is 5.41. The standard InChI is InChI=1S/C21H22N8O2/c1-13-5-4-7-29-17(13)9-16(26-29)19-18-15(24-12-25-18)6-8-28(19)21-22-10-14(11-23-21)20(30)27(2)31-3/h4-5,7,9-12,19H,6,8H2,1-3H3,(H,24,25). The molecular formula is C21H22N8O2. The summed E-state index contributed by atoms with van der Waals surface area (Å²) in [7, 11) is 2.98. The molecule has 0 bridgehead atoms. The third kappa shape index (κ3) is 3.21. The Bertz CT molecular complexity index is 1250. The van der Waals surface area contributed by atoms with Crippen LogP contribution in [-0.4, -0.2) is 61.2 Å². The van der Waals surface area contributed by atoms with Gasteiger partial charge in [-0.25, -0.2) is 24.5 Å². The molecule has 31 heavy (non-hydrogen) atoms. The van der Waals surface area contributed by atoms with E-state index in [1.165, 1.54) is 19.5 Å². The Balaban J connectivity index is 1.56. The third-order valence-electron chi connectivity index (χ3n) is 5.64. The molecule has 4 aromatic rings. The summed E-state index contributed by atoms with van der Waals surface area (Å²) in [4.78, 5) is 36.1. The van der Waals surface area contributed by atoms with Crippen LogP contribution in [-0.2, 0) is 11.3 Å². The van der Waals surface area contributed by atoms with Crippen molar-refractivity contribution >= 4 is 17.4 Å². The lowest BCUT2D eigenvalue weighted by molar-refractivity contribution is -0.0757. The van der Waals surface area contributed by atoms with Gasteiger partial charge >= 0.3 is 0 Å². The number of nitrogens with zero attached hydrogens (tertiary/aromatic N) is 7. The third-order valence-corrected chi connectivity index (χ3v) is 5.64. The van der Waals surface area contributed by atoms with Gasteiger partial charge in [-0.1, -0.05) is 6.07 Å². The van der Waals surface area contributed by atoms with Crippen LogP contribution < -0.4 is 4.90 Å². The quantitative estimate of drug-likeness (QED) is 0.505. The predicted molar refractivity (Wildman–Crippen MR) is 113 cm³/mol. The molecule has 1 amide bonds. The highest BCUT2D eigenvalue weighted by Gasteiger charge is 2.34. The average molecular weight is 418 g/mol. The van der Waals surface area contributed by atoms with Gasteiger partial charge in [0, 0.05) is 44.3 Å². The van der Waals surface area contributed by atoms with Crippen molar-refractivity contribution in [1.82, 2.24) is 34.6 Å². The smallest absolute Gasteiger partial charge is 0.280 e. The first kappa shape index (κ1) is 19.2. The summed E-state index contributed by atoms with van der Waals surface area (Å²) >= 11 is 0. The molecule has 1 atom stereocenters. The second-order valence-electron chi connectivity index (χ2n) is 7.46. The Morgan fingerprint density at radius 2 is 2.10 bits per heavy atom. The first-order chi connectivity index (χ1) is 15.1. The van der Waals surface area contributed by atoms with Crippen LogP contribution in [0.2, 0.25) is 0 Å². The number of H-pyrrole nitrogens is 1. The number of aromatic amines is 1. The van der Waals surface area contributed by atoms with E-state index in [4.69, 9.17) is 9.94 Å². The number of fused-ring (bicyclic) bond motifs is 2. The molecule has 0 spiro atoms. The number of rotatable bonds is 4. The molecular weight excluding hydrogens is 396 g/mol. The monoisotopic (exact) mass is 418 g/mol. The lowest BCUT2D eigenvalue weighted by Gasteiger charge is -2.33. The maximum absolute atomic E-state index is 12.3. The largest absolute Gasteiger partial charge is 0.348 e. The van der Waals surface area contributed by atoms with Gasteiger partial charge in [0.15, 0.2) is 0 Å². The number of imidazole rings is 1. The fraction of sp³-hybridized carbons (Fsp3) is 0.286. The summed E-state index contributed by atoms with van der Waals surface area (Å²) in [6.07, 6.45) is 7.48. The van der Waals surface area contributed by atoms with Crippen molar-refractivity contribution in [1.29, 1.82) is 0 Å². The highest BCUT2D eigenvalue weighted by atomic mass is 16.7. The zero-order valence-corrected chi connectivity index (χ0v) is 17.5. The summed E-state index contributed by atoms with van der Waals surface area (Å²) in [6.45, 7) is 2.76. The minimum absolute atomic E-state index is 0.238. The summed E-state index contributed by atoms with van der Waals surface area (Å²) in [6, 6.07) is 5.89. The molecule has 0 saturated heterocycles. The average Bonchev–Trinajstić information content (AvgIpc) is 3.45. The Morgan fingerprint density at radius 1 is 1.29 bits per heavy atom. The number of anilines is 1. The van der Waals surface area contributed by atoms with E-state index in [2.05, 4.69) is 43.9 Å². The number of aromatic nitrogens is 6. The molecule has 0 aliphatic carbocycles. The molecule has 0 saturated carbocycles. The van der Waals surface area contributed by atoms with Crippen LogP contribution in [0.1, 0.15) is 39.0 Å². The van der Waals surface area contributed by atoms with E-state index in [0.29, 0.717) is 18.1 Å². The Morgan fingerprint density at radius 3 is 2.84 bits per heavy atom. The Labute approximate surface area is 178 Å². The molecule has 5 heterocycles. The molecule has 1 N–H and O–H groups in total. The molecule has 10 heteroatoms. The van der Waals surface area contributed by atoms with Crippen LogP contribution in [0.15, 0.2) is 43.1 Å². The molecule has 5 rings (SSSR count). The van der Waals surface area contributed by atoms with E-state index in [-0.39, 0.29) is 11.9 Å². The molecule has 1 unspecified atom stereocenters. The van der Waals surface area contributed by atoms with Gasteiger partial charge in [-0.3, -0.25) is 9.63 Å². The maximum atomic E-state index is 12.3. The number of pyridine rings is 1. The highest BCUT2D eigenvalue weighted by Crippen LogP contribution is 2.35. The lowest BCUT2D eigenvalue weighted by Crippen LogP contribution is -2.38. The fourth-order valence-corrected chi connectivity index (χ4v) is 3.95. The second-order valence-corrected chi connectivity index (χ2v) is 7.46. The molecule has 1 aliphatic heterocycles. The Kier molecular flexibility index (Phi) is 4.63. The van der Waals surface area contributed by atoms with E-state index in [0.717, 1.165) is 39.6 Å². The van der Waals surface area contributed by atoms with Crippen molar-refractivity contribution < 1.29 is 9.63 Å². The summed E-state index contributed by atoms with van der Waals surface area (Å²) in [5.74, 6) is 0.207. The first-order valence-corrected chi connectivity index (χ1v) is 9.94. The van der Waals surface area contributed by atoms with Crippen LogP contribution in [0.5, 0.6) is 0 Å². The fourth-order valence-electron chi connectivity index (χ4n) is 3.95. The van der Waals surface area contributed by atoms with Gasteiger partial charge in [0.2, 0.25) is 5.95 Å². The summed E-state index contributed by atoms with van der Waals surface area (Å²) < 4.78 is 1.88. The maximum Gasteiger partial charge on any atom is 0.280 e. The SMILES string of the molecule is CON(C)C(=O)c1cnc(N2CCc3[nH]cnc3C2c2cc3c(C)cccn3n2)nc1.